The van der Waals surface area contributed by atoms with Crippen molar-refractivity contribution in [1.29, 1.82) is 0 Å². The molecular formula is C13H21N3O4. The molecule has 1 aliphatic heterocycles. The van der Waals surface area contributed by atoms with Crippen molar-refractivity contribution >= 4 is 17.9 Å². The van der Waals surface area contributed by atoms with Gasteiger partial charge in [-0.1, -0.05) is 18.9 Å². The summed E-state index contributed by atoms with van der Waals surface area (Å²) in [5.41, 5.74) is 0. The lowest BCUT2D eigenvalue weighted by Crippen LogP contribution is -2.49. The number of carbonyl (C=O) groups excluding carboxylic acids is 2. The molecule has 1 rings (SSSR count). The first-order chi connectivity index (χ1) is 9.54. The zero-order valence-electron chi connectivity index (χ0n) is 11.4. The third-order valence-corrected chi connectivity index (χ3v) is 3.16. The molecular weight excluding hydrogens is 262 g/mol. The molecule has 1 saturated heterocycles. The monoisotopic (exact) mass is 283 g/mol. The van der Waals surface area contributed by atoms with Gasteiger partial charge in [0.15, 0.2) is 0 Å². The maximum Gasteiger partial charge on any atom is 0.321 e. The third-order valence-electron chi connectivity index (χ3n) is 3.16. The molecule has 1 aliphatic rings. The van der Waals surface area contributed by atoms with Crippen LogP contribution in [0.4, 0.5) is 4.79 Å². The standard InChI is InChI=1S/C13H21N3O4/c1-2-7-14-13(20)15-11(17)9-16-8-5-3-4-6-10(16)12(18)19/h2,10H,1,3-9H2,(H,18,19)(H2,14,15,17,20). The minimum absolute atomic E-state index is 0.0848. The van der Waals surface area contributed by atoms with E-state index in [-0.39, 0.29) is 13.1 Å². The van der Waals surface area contributed by atoms with Crippen molar-refractivity contribution in [3.63, 3.8) is 0 Å². The number of carboxylic acid groups (broad SMARTS) is 1. The molecule has 7 nitrogen and oxygen atoms in total. The summed E-state index contributed by atoms with van der Waals surface area (Å²) < 4.78 is 0. The first-order valence-corrected chi connectivity index (χ1v) is 6.70. The van der Waals surface area contributed by atoms with Crippen LogP contribution in [0.1, 0.15) is 25.7 Å². The second-order valence-corrected chi connectivity index (χ2v) is 4.72. The number of rotatable bonds is 5. The highest BCUT2D eigenvalue weighted by Gasteiger charge is 2.28. The molecule has 0 bridgehead atoms. The molecule has 1 fully saturated rings. The van der Waals surface area contributed by atoms with Crippen molar-refractivity contribution in [2.75, 3.05) is 19.6 Å². The van der Waals surface area contributed by atoms with E-state index in [0.717, 1.165) is 19.3 Å². The highest BCUT2D eigenvalue weighted by Crippen LogP contribution is 2.16. The molecule has 0 radical (unpaired) electrons. The van der Waals surface area contributed by atoms with Crippen molar-refractivity contribution in [2.45, 2.75) is 31.7 Å². The van der Waals surface area contributed by atoms with E-state index in [2.05, 4.69) is 17.2 Å². The van der Waals surface area contributed by atoms with E-state index in [9.17, 15) is 19.5 Å². The maximum atomic E-state index is 11.7. The Morgan fingerprint density at radius 1 is 1.30 bits per heavy atom. The van der Waals surface area contributed by atoms with E-state index < -0.39 is 23.9 Å². The quantitative estimate of drug-likeness (QED) is 0.631. The van der Waals surface area contributed by atoms with Crippen molar-refractivity contribution < 1.29 is 19.5 Å². The average Bonchev–Trinajstić information content (AvgIpc) is 2.61. The molecule has 3 N–H and O–H groups in total. The Kier molecular flexibility index (Phi) is 6.72. The van der Waals surface area contributed by atoms with E-state index in [1.54, 1.807) is 4.90 Å². The van der Waals surface area contributed by atoms with Crippen LogP contribution in [-0.2, 0) is 9.59 Å². The van der Waals surface area contributed by atoms with Crippen LogP contribution in [0, 0.1) is 0 Å². The second-order valence-electron chi connectivity index (χ2n) is 4.72. The topological polar surface area (TPSA) is 98.7 Å². The molecule has 0 aromatic heterocycles. The van der Waals surface area contributed by atoms with Crippen molar-refractivity contribution in [3.8, 4) is 0 Å². The lowest BCUT2D eigenvalue weighted by Gasteiger charge is -2.25. The Morgan fingerprint density at radius 2 is 2.05 bits per heavy atom. The van der Waals surface area contributed by atoms with E-state index >= 15 is 0 Å². The van der Waals surface area contributed by atoms with Gasteiger partial charge >= 0.3 is 12.0 Å². The number of urea groups is 1. The molecule has 1 heterocycles. The minimum atomic E-state index is -0.921. The third kappa shape index (κ3) is 5.40. The fraction of sp³-hybridized carbons (Fsp3) is 0.615. The largest absolute Gasteiger partial charge is 0.480 e. The summed E-state index contributed by atoms with van der Waals surface area (Å²) >= 11 is 0. The van der Waals surface area contributed by atoms with Gasteiger partial charge in [-0.25, -0.2) is 4.79 Å². The number of likely N-dealkylation sites (tertiary alicyclic amines) is 1. The van der Waals surface area contributed by atoms with E-state index in [1.165, 1.54) is 6.08 Å². The first kappa shape index (κ1) is 16.2. The van der Waals surface area contributed by atoms with Crippen LogP contribution in [0.25, 0.3) is 0 Å². The summed E-state index contributed by atoms with van der Waals surface area (Å²) in [6, 6.07) is -1.25. The number of carbonyl (C=O) groups is 3. The summed E-state index contributed by atoms with van der Waals surface area (Å²) in [7, 11) is 0. The molecule has 0 aliphatic carbocycles. The van der Waals surface area contributed by atoms with Gasteiger partial charge < -0.3 is 10.4 Å². The molecule has 0 saturated carbocycles. The van der Waals surface area contributed by atoms with Gasteiger partial charge in [0.1, 0.15) is 6.04 Å². The van der Waals surface area contributed by atoms with Crippen molar-refractivity contribution in [2.24, 2.45) is 0 Å². The van der Waals surface area contributed by atoms with Gasteiger partial charge in [0.05, 0.1) is 6.54 Å². The smallest absolute Gasteiger partial charge is 0.321 e. The number of nitrogens with zero attached hydrogens (tertiary/aromatic N) is 1. The van der Waals surface area contributed by atoms with Crippen LogP contribution in [0.2, 0.25) is 0 Å². The van der Waals surface area contributed by atoms with E-state index in [0.29, 0.717) is 13.0 Å². The molecule has 0 aromatic carbocycles. The van der Waals surface area contributed by atoms with Gasteiger partial charge in [0.2, 0.25) is 5.91 Å². The predicted octanol–water partition coefficient (Wildman–Crippen LogP) is 0.327. The lowest BCUT2D eigenvalue weighted by molar-refractivity contribution is -0.143. The Balaban J connectivity index is 2.50. The maximum absolute atomic E-state index is 11.7. The normalized spacial score (nSPS) is 19.7. The van der Waals surface area contributed by atoms with Gasteiger partial charge in [-0.2, -0.15) is 0 Å². The van der Waals surface area contributed by atoms with Crippen LogP contribution in [0.15, 0.2) is 12.7 Å². The molecule has 112 valence electrons. The minimum Gasteiger partial charge on any atom is -0.480 e. The Morgan fingerprint density at radius 3 is 2.70 bits per heavy atom. The number of nitrogens with one attached hydrogen (secondary N) is 2. The van der Waals surface area contributed by atoms with Gasteiger partial charge in [-0.3, -0.25) is 19.8 Å². The van der Waals surface area contributed by atoms with Crippen LogP contribution in [-0.4, -0.2) is 53.6 Å². The molecule has 3 amide bonds. The summed E-state index contributed by atoms with van der Waals surface area (Å²) in [6.07, 6.45) is 4.70. The van der Waals surface area contributed by atoms with Gasteiger partial charge in [-0.15, -0.1) is 6.58 Å². The number of aliphatic carboxylic acids is 1. The lowest BCUT2D eigenvalue weighted by atomic mass is 10.1. The summed E-state index contributed by atoms with van der Waals surface area (Å²) in [5.74, 6) is -1.42. The van der Waals surface area contributed by atoms with Crippen LogP contribution >= 0.6 is 0 Å². The first-order valence-electron chi connectivity index (χ1n) is 6.70. The highest BCUT2D eigenvalue weighted by atomic mass is 16.4. The molecule has 1 atom stereocenters. The number of carboxylic acids is 1. The average molecular weight is 283 g/mol. The van der Waals surface area contributed by atoms with E-state index in [1.807, 2.05) is 0 Å². The Bertz CT molecular complexity index is 384. The van der Waals surface area contributed by atoms with Crippen molar-refractivity contribution in [1.82, 2.24) is 15.5 Å². The zero-order chi connectivity index (χ0) is 15.0. The van der Waals surface area contributed by atoms with E-state index in [4.69, 9.17) is 0 Å². The highest BCUT2D eigenvalue weighted by molar-refractivity contribution is 5.95. The summed E-state index contributed by atoms with van der Waals surface area (Å²) in [5, 5.41) is 13.8. The fourth-order valence-electron chi connectivity index (χ4n) is 2.20. The molecule has 0 spiro atoms. The van der Waals surface area contributed by atoms with Crippen LogP contribution in [0.5, 0.6) is 0 Å². The Labute approximate surface area is 118 Å². The Hall–Kier alpha value is -1.89. The molecule has 7 heteroatoms. The molecule has 1 unspecified atom stereocenters. The SMILES string of the molecule is C=CCNC(=O)NC(=O)CN1CCCCCC1C(=O)O. The number of amides is 3. The number of hydrogen-bond donors (Lipinski definition) is 3. The fourth-order valence-corrected chi connectivity index (χ4v) is 2.20. The zero-order valence-corrected chi connectivity index (χ0v) is 11.4. The number of imide groups is 1. The summed E-state index contributed by atoms with van der Waals surface area (Å²) in [6.45, 7) is 4.18. The predicted molar refractivity (Wildman–Crippen MR) is 73.2 cm³/mol. The summed E-state index contributed by atoms with van der Waals surface area (Å²) in [4.78, 5) is 35.9. The van der Waals surface area contributed by atoms with Gasteiger partial charge in [0, 0.05) is 6.54 Å². The van der Waals surface area contributed by atoms with Gasteiger partial charge in [0.25, 0.3) is 0 Å². The number of hydrogen-bond acceptors (Lipinski definition) is 4. The van der Waals surface area contributed by atoms with Crippen LogP contribution in [0.3, 0.4) is 0 Å². The van der Waals surface area contributed by atoms with Crippen molar-refractivity contribution in [3.05, 3.63) is 12.7 Å². The molecule has 0 aromatic rings. The van der Waals surface area contributed by atoms with Crippen LogP contribution < -0.4 is 10.6 Å². The second kappa shape index (κ2) is 8.31. The molecule has 20 heavy (non-hydrogen) atoms. The van der Waals surface area contributed by atoms with Gasteiger partial charge in [-0.05, 0) is 19.4 Å².